The topological polar surface area (TPSA) is 71.7 Å². The molecule has 2 fully saturated rings. The van der Waals surface area contributed by atoms with E-state index in [1.807, 2.05) is 54.3 Å². The normalized spacial score (nSPS) is 22.5. The highest BCUT2D eigenvalue weighted by Gasteiger charge is 2.45. The lowest BCUT2D eigenvalue weighted by molar-refractivity contribution is -0.161. The largest absolute Gasteiger partial charge is 0.383 e. The molecule has 4 rings (SSSR count). The highest BCUT2D eigenvalue weighted by atomic mass is 16.5. The Hall–Kier alpha value is -2.44. The summed E-state index contributed by atoms with van der Waals surface area (Å²) in [6.07, 6.45) is 4.08. The molecule has 28 heavy (non-hydrogen) atoms. The molecule has 1 aromatic heterocycles. The molecule has 6 nitrogen and oxygen atoms in total. The maximum Gasteiger partial charge on any atom is 0.255 e. The lowest BCUT2D eigenvalue weighted by Crippen LogP contribution is -2.61. The Labute approximate surface area is 166 Å². The zero-order valence-electron chi connectivity index (χ0n) is 16.4. The van der Waals surface area contributed by atoms with E-state index < -0.39 is 6.10 Å². The molecule has 2 aromatic rings. The van der Waals surface area contributed by atoms with Crippen LogP contribution < -0.4 is 10.6 Å². The fourth-order valence-electron chi connectivity index (χ4n) is 4.28. The first kappa shape index (κ1) is 18.9. The van der Waals surface area contributed by atoms with E-state index in [-0.39, 0.29) is 11.5 Å². The molecule has 1 aromatic carbocycles. The van der Waals surface area contributed by atoms with Crippen molar-refractivity contribution in [2.45, 2.75) is 37.9 Å². The van der Waals surface area contributed by atoms with Crippen LogP contribution in [0.1, 0.15) is 25.3 Å². The van der Waals surface area contributed by atoms with Gasteiger partial charge in [0, 0.05) is 31.5 Å². The van der Waals surface area contributed by atoms with Crippen LogP contribution >= 0.6 is 0 Å². The number of anilines is 2. The summed E-state index contributed by atoms with van der Waals surface area (Å²) in [6, 6.07) is 13.9. The van der Waals surface area contributed by atoms with Crippen LogP contribution in [0.2, 0.25) is 0 Å². The van der Waals surface area contributed by atoms with E-state index in [9.17, 15) is 4.79 Å². The third-order valence-corrected chi connectivity index (χ3v) is 5.95. The minimum Gasteiger partial charge on any atom is -0.383 e. The van der Waals surface area contributed by atoms with E-state index in [0.717, 1.165) is 50.1 Å². The molecule has 2 saturated heterocycles. The molecule has 6 heteroatoms. The molecule has 1 amide bonds. The van der Waals surface area contributed by atoms with Crippen LogP contribution in [0.15, 0.2) is 48.7 Å². The number of carbonyl (C=O) groups is 1. The van der Waals surface area contributed by atoms with Crippen LogP contribution in [0.5, 0.6) is 0 Å². The van der Waals surface area contributed by atoms with Gasteiger partial charge in [0.1, 0.15) is 11.9 Å². The van der Waals surface area contributed by atoms with Gasteiger partial charge in [-0.25, -0.2) is 4.98 Å². The van der Waals surface area contributed by atoms with Crippen LogP contribution in [-0.2, 0) is 16.0 Å². The highest BCUT2D eigenvalue weighted by Crippen LogP contribution is 2.35. The van der Waals surface area contributed by atoms with E-state index in [1.165, 1.54) is 0 Å². The summed E-state index contributed by atoms with van der Waals surface area (Å²) >= 11 is 0. The summed E-state index contributed by atoms with van der Waals surface area (Å²) in [4.78, 5) is 21.2. The third-order valence-electron chi connectivity index (χ3n) is 5.95. The molecule has 1 unspecified atom stereocenters. The highest BCUT2D eigenvalue weighted by molar-refractivity contribution is 5.97. The van der Waals surface area contributed by atoms with Crippen molar-refractivity contribution in [3.8, 4) is 0 Å². The molecule has 0 saturated carbocycles. The van der Waals surface area contributed by atoms with Gasteiger partial charge in [0.05, 0.1) is 12.1 Å². The van der Waals surface area contributed by atoms with Crippen molar-refractivity contribution in [2.75, 3.05) is 36.8 Å². The van der Waals surface area contributed by atoms with Gasteiger partial charge in [0.25, 0.3) is 5.91 Å². The summed E-state index contributed by atoms with van der Waals surface area (Å²) in [7, 11) is 0. The van der Waals surface area contributed by atoms with Crippen molar-refractivity contribution in [3.05, 3.63) is 54.2 Å². The molecule has 3 heterocycles. The summed E-state index contributed by atoms with van der Waals surface area (Å²) in [5.74, 6) is 0.670. The number of piperidine rings is 1. The summed E-state index contributed by atoms with van der Waals surface area (Å²) in [5, 5.41) is 0. The third kappa shape index (κ3) is 3.88. The van der Waals surface area contributed by atoms with Gasteiger partial charge in [-0.3, -0.25) is 4.79 Å². The van der Waals surface area contributed by atoms with Gasteiger partial charge < -0.3 is 20.3 Å². The van der Waals surface area contributed by atoms with Crippen molar-refractivity contribution in [2.24, 2.45) is 0 Å². The monoisotopic (exact) mass is 380 g/mol. The number of carbonyl (C=O) groups excluding carboxylic acids is 1. The van der Waals surface area contributed by atoms with Crippen molar-refractivity contribution in [3.63, 3.8) is 0 Å². The molecule has 2 aliphatic rings. The summed E-state index contributed by atoms with van der Waals surface area (Å²) < 4.78 is 6.26. The molecular formula is C22H28N4O2. The number of hydrogen-bond acceptors (Lipinski definition) is 5. The average Bonchev–Trinajstić information content (AvgIpc) is 2.72. The number of nitrogens with two attached hydrogens (primary N) is 1. The SMILES string of the molecule is CC1OC2(CCN(CCc3cccnc3N)CC2)CN(c2ccccc2)C1=O. The van der Waals surface area contributed by atoms with Gasteiger partial charge in [-0.15, -0.1) is 0 Å². The molecule has 0 radical (unpaired) electrons. The molecule has 0 bridgehead atoms. The number of benzene rings is 1. The number of pyridine rings is 1. The van der Waals surface area contributed by atoms with Gasteiger partial charge in [-0.2, -0.15) is 0 Å². The Balaban J connectivity index is 1.39. The Morgan fingerprint density at radius 2 is 1.93 bits per heavy atom. The van der Waals surface area contributed by atoms with Crippen molar-refractivity contribution in [1.29, 1.82) is 0 Å². The van der Waals surface area contributed by atoms with E-state index in [2.05, 4.69) is 9.88 Å². The number of rotatable bonds is 4. The minimum atomic E-state index is -0.407. The molecule has 148 valence electrons. The van der Waals surface area contributed by atoms with Gasteiger partial charge in [-0.05, 0) is 49.9 Å². The number of likely N-dealkylation sites (tertiary alicyclic amines) is 1. The van der Waals surface area contributed by atoms with E-state index >= 15 is 0 Å². The number of ether oxygens (including phenoxy) is 1. The van der Waals surface area contributed by atoms with Crippen LogP contribution in [0.4, 0.5) is 11.5 Å². The summed E-state index contributed by atoms with van der Waals surface area (Å²) in [6.45, 7) is 5.39. The second-order valence-corrected chi connectivity index (χ2v) is 7.84. The Morgan fingerprint density at radius 3 is 2.64 bits per heavy atom. The van der Waals surface area contributed by atoms with Gasteiger partial charge >= 0.3 is 0 Å². The van der Waals surface area contributed by atoms with E-state index in [4.69, 9.17) is 10.5 Å². The van der Waals surface area contributed by atoms with Crippen LogP contribution in [0.3, 0.4) is 0 Å². The summed E-state index contributed by atoms with van der Waals surface area (Å²) in [5.41, 5.74) is 7.76. The number of para-hydroxylation sites is 1. The lowest BCUT2D eigenvalue weighted by Gasteiger charge is -2.49. The van der Waals surface area contributed by atoms with Gasteiger partial charge in [0.15, 0.2) is 0 Å². The first-order valence-corrected chi connectivity index (χ1v) is 10.0. The number of nitrogens with zero attached hydrogens (tertiary/aromatic N) is 3. The van der Waals surface area contributed by atoms with E-state index in [1.54, 1.807) is 6.20 Å². The van der Waals surface area contributed by atoms with Gasteiger partial charge in [-0.1, -0.05) is 24.3 Å². The smallest absolute Gasteiger partial charge is 0.255 e. The van der Waals surface area contributed by atoms with E-state index in [0.29, 0.717) is 12.4 Å². The van der Waals surface area contributed by atoms with Gasteiger partial charge in [0.2, 0.25) is 0 Å². The van der Waals surface area contributed by atoms with Crippen molar-refractivity contribution < 1.29 is 9.53 Å². The number of morpholine rings is 1. The second-order valence-electron chi connectivity index (χ2n) is 7.84. The van der Waals surface area contributed by atoms with Crippen LogP contribution in [0, 0.1) is 0 Å². The maximum atomic E-state index is 12.7. The first-order valence-electron chi connectivity index (χ1n) is 10.0. The first-order chi connectivity index (χ1) is 13.6. The zero-order chi connectivity index (χ0) is 19.6. The quantitative estimate of drug-likeness (QED) is 0.882. The fourth-order valence-corrected chi connectivity index (χ4v) is 4.28. The molecular weight excluding hydrogens is 352 g/mol. The minimum absolute atomic E-state index is 0.0475. The fraction of sp³-hybridized carbons (Fsp3) is 0.455. The number of nitrogen functional groups attached to an aromatic ring is 1. The maximum absolute atomic E-state index is 12.7. The van der Waals surface area contributed by atoms with Crippen molar-refractivity contribution >= 4 is 17.4 Å². The molecule has 0 aliphatic carbocycles. The standard InChI is InChI=1S/C22H28N4O2/c1-17-21(27)26(19-7-3-2-4-8-19)16-22(28-17)10-14-25(15-11-22)13-9-18-6-5-12-24-20(18)23/h2-8,12,17H,9-11,13-16H2,1H3,(H2,23,24). The Morgan fingerprint density at radius 1 is 1.18 bits per heavy atom. The average molecular weight is 380 g/mol. The van der Waals surface area contributed by atoms with Crippen molar-refractivity contribution in [1.82, 2.24) is 9.88 Å². The predicted molar refractivity (Wildman–Crippen MR) is 110 cm³/mol. The Kier molecular flexibility index (Phi) is 5.33. The van der Waals surface area contributed by atoms with Crippen LogP contribution in [0.25, 0.3) is 0 Å². The number of hydrogen-bond donors (Lipinski definition) is 1. The molecule has 2 N–H and O–H groups in total. The van der Waals surface area contributed by atoms with Crippen LogP contribution in [-0.4, -0.2) is 53.7 Å². The zero-order valence-corrected chi connectivity index (χ0v) is 16.4. The second kappa shape index (κ2) is 7.89. The Bertz CT molecular complexity index is 818. The molecule has 2 aliphatic heterocycles. The predicted octanol–water partition coefficient (Wildman–Crippen LogP) is 2.49. The lowest BCUT2D eigenvalue weighted by atomic mass is 9.88. The molecule has 1 atom stereocenters. The molecule has 1 spiro atoms. The number of aromatic nitrogens is 1. The number of amides is 1.